The van der Waals surface area contributed by atoms with Crippen LogP contribution < -0.4 is 4.90 Å². The largest absolute Gasteiger partial charge is 0.480 e. The van der Waals surface area contributed by atoms with Gasteiger partial charge in [0, 0.05) is 18.8 Å². The van der Waals surface area contributed by atoms with Crippen LogP contribution in [0.1, 0.15) is 25.3 Å². The molecule has 2 aliphatic heterocycles. The lowest BCUT2D eigenvalue weighted by Crippen LogP contribution is -2.50. The summed E-state index contributed by atoms with van der Waals surface area (Å²) in [6, 6.07) is 7.05. The summed E-state index contributed by atoms with van der Waals surface area (Å²) < 4.78 is 0. The predicted octanol–water partition coefficient (Wildman–Crippen LogP) is 2.35. The lowest BCUT2D eigenvalue weighted by molar-refractivity contribution is -0.141. The molecule has 0 saturated carbocycles. The standard InChI is InChI=1S/C16H20N2O3/c1-11-9-12-5-2-3-6-13(12)18(10-11)16(21)17-8-4-7-14(17)15(19)20/h2-3,5-6,11,14H,4,7-10H2,1H3,(H,19,20). The second kappa shape index (κ2) is 5.39. The smallest absolute Gasteiger partial charge is 0.326 e. The van der Waals surface area contributed by atoms with Crippen LogP contribution in [0.25, 0.3) is 0 Å². The van der Waals surface area contributed by atoms with Gasteiger partial charge in [-0.2, -0.15) is 0 Å². The number of rotatable bonds is 1. The first-order valence-electron chi connectivity index (χ1n) is 7.47. The summed E-state index contributed by atoms with van der Waals surface area (Å²) in [5.74, 6) is -0.520. The molecular formula is C16H20N2O3. The molecule has 0 radical (unpaired) electrons. The first-order chi connectivity index (χ1) is 10.1. The van der Waals surface area contributed by atoms with Crippen molar-refractivity contribution in [3.05, 3.63) is 29.8 Å². The van der Waals surface area contributed by atoms with Gasteiger partial charge in [-0.1, -0.05) is 25.1 Å². The number of para-hydroxylation sites is 1. The van der Waals surface area contributed by atoms with Crippen LogP contribution in [-0.2, 0) is 11.2 Å². The van der Waals surface area contributed by atoms with Gasteiger partial charge in [0.1, 0.15) is 6.04 Å². The molecule has 5 heteroatoms. The van der Waals surface area contributed by atoms with Crippen molar-refractivity contribution in [2.75, 3.05) is 18.0 Å². The monoisotopic (exact) mass is 288 g/mol. The highest BCUT2D eigenvalue weighted by atomic mass is 16.4. The number of fused-ring (bicyclic) bond motifs is 1. The van der Waals surface area contributed by atoms with Crippen LogP contribution in [-0.4, -0.2) is 41.1 Å². The van der Waals surface area contributed by atoms with Crippen LogP contribution in [0.4, 0.5) is 10.5 Å². The number of urea groups is 1. The van der Waals surface area contributed by atoms with Gasteiger partial charge in [-0.25, -0.2) is 9.59 Å². The predicted molar refractivity (Wildman–Crippen MR) is 79.4 cm³/mol. The number of aliphatic carboxylic acids is 1. The van der Waals surface area contributed by atoms with E-state index in [-0.39, 0.29) is 6.03 Å². The topological polar surface area (TPSA) is 60.9 Å². The van der Waals surface area contributed by atoms with Crippen LogP contribution in [0.5, 0.6) is 0 Å². The summed E-state index contributed by atoms with van der Waals surface area (Å²) in [7, 11) is 0. The van der Waals surface area contributed by atoms with Crippen molar-refractivity contribution in [1.82, 2.24) is 4.90 Å². The molecule has 5 nitrogen and oxygen atoms in total. The van der Waals surface area contributed by atoms with Crippen LogP contribution in [0, 0.1) is 5.92 Å². The van der Waals surface area contributed by atoms with Crippen molar-refractivity contribution in [2.24, 2.45) is 5.92 Å². The molecule has 1 saturated heterocycles. The quantitative estimate of drug-likeness (QED) is 0.863. The fourth-order valence-corrected chi connectivity index (χ4v) is 3.39. The number of hydrogen-bond acceptors (Lipinski definition) is 2. The zero-order valence-electron chi connectivity index (χ0n) is 12.2. The third-order valence-electron chi connectivity index (χ3n) is 4.36. The van der Waals surface area contributed by atoms with E-state index in [1.807, 2.05) is 24.3 Å². The van der Waals surface area contributed by atoms with E-state index < -0.39 is 12.0 Å². The number of anilines is 1. The minimum Gasteiger partial charge on any atom is -0.480 e. The number of carbonyl (C=O) groups excluding carboxylic acids is 1. The number of hydrogen-bond donors (Lipinski definition) is 1. The van der Waals surface area contributed by atoms with Crippen molar-refractivity contribution in [1.29, 1.82) is 0 Å². The van der Waals surface area contributed by atoms with Gasteiger partial charge in [-0.05, 0) is 36.8 Å². The maximum absolute atomic E-state index is 12.8. The van der Waals surface area contributed by atoms with E-state index in [0.29, 0.717) is 25.4 Å². The van der Waals surface area contributed by atoms with Gasteiger partial charge in [-0.3, -0.25) is 4.90 Å². The molecule has 0 aliphatic carbocycles. The molecule has 1 aromatic rings. The Kier molecular flexibility index (Phi) is 3.57. The van der Waals surface area contributed by atoms with Crippen LogP contribution in [0.15, 0.2) is 24.3 Å². The average molecular weight is 288 g/mol. The molecule has 2 atom stereocenters. The molecular weight excluding hydrogens is 268 g/mol. The number of carboxylic acids is 1. The van der Waals surface area contributed by atoms with E-state index in [1.165, 1.54) is 4.90 Å². The van der Waals surface area contributed by atoms with Gasteiger partial charge >= 0.3 is 12.0 Å². The number of likely N-dealkylation sites (tertiary alicyclic amines) is 1. The molecule has 0 aromatic heterocycles. The molecule has 1 aromatic carbocycles. The fraction of sp³-hybridized carbons (Fsp3) is 0.500. The average Bonchev–Trinajstić information content (AvgIpc) is 2.95. The van der Waals surface area contributed by atoms with Gasteiger partial charge in [0.05, 0.1) is 0 Å². The van der Waals surface area contributed by atoms with Gasteiger partial charge in [0.25, 0.3) is 0 Å². The number of amides is 2. The maximum Gasteiger partial charge on any atom is 0.326 e. The first-order valence-corrected chi connectivity index (χ1v) is 7.47. The molecule has 2 heterocycles. The molecule has 112 valence electrons. The minimum atomic E-state index is -0.904. The molecule has 1 N–H and O–H groups in total. The second-order valence-electron chi connectivity index (χ2n) is 6.02. The summed E-state index contributed by atoms with van der Waals surface area (Å²) in [6.45, 7) is 3.30. The van der Waals surface area contributed by atoms with Crippen LogP contribution in [0.2, 0.25) is 0 Å². The third kappa shape index (κ3) is 2.48. The molecule has 2 amide bonds. The van der Waals surface area contributed by atoms with E-state index in [0.717, 1.165) is 24.1 Å². The molecule has 3 rings (SSSR count). The van der Waals surface area contributed by atoms with E-state index in [1.54, 1.807) is 4.90 Å². The molecule has 2 unspecified atom stereocenters. The summed E-state index contributed by atoms with van der Waals surface area (Å²) in [4.78, 5) is 27.4. The Bertz CT molecular complexity index is 572. The zero-order chi connectivity index (χ0) is 15.0. The number of carbonyl (C=O) groups is 2. The Morgan fingerprint density at radius 3 is 2.81 bits per heavy atom. The lowest BCUT2D eigenvalue weighted by Gasteiger charge is -2.36. The third-order valence-corrected chi connectivity index (χ3v) is 4.36. The highest BCUT2D eigenvalue weighted by molar-refractivity contribution is 5.96. The maximum atomic E-state index is 12.8. The summed E-state index contributed by atoms with van der Waals surface area (Å²) >= 11 is 0. The van der Waals surface area contributed by atoms with Gasteiger partial charge < -0.3 is 10.0 Å². The Morgan fingerprint density at radius 1 is 1.29 bits per heavy atom. The first kappa shape index (κ1) is 13.9. The van der Waals surface area contributed by atoms with E-state index in [4.69, 9.17) is 0 Å². The molecule has 21 heavy (non-hydrogen) atoms. The summed E-state index contributed by atoms with van der Waals surface area (Å²) in [5.41, 5.74) is 2.09. The van der Waals surface area contributed by atoms with Crippen molar-refractivity contribution in [2.45, 2.75) is 32.2 Å². The Balaban J connectivity index is 1.89. The normalized spacial score (nSPS) is 24.8. The van der Waals surface area contributed by atoms with Crippen molar-refractivity contribution >= 4 is 17.7 Å². The van der Waals surface area contributed by atoms with Crippen LogP contribution >= 0.6 is 0 Å². The highest BCUT2D eigenvalue weighted by Crippen LogP contribution is 2.31. The van der Waals surface area contributed by atoms with Gasteiger partial charge in [-0.15, -0.1) is 0 Å². The molecule has 2 aliphatic rings. The summed E-state index contributed by atoms with van der Waals surface area (Å²) in [5, 5.41) is 9.27. The highest BCUT2D eigenvalue weighted by Gasteiger charge is 2.38. The Morgan fingerprint density at radius 2 is 2.05 bits per heavy atom. The minimum absolute atomic E-state index is 0.168. The fourth-order valence-electron chi connectivity index (χ4n) is 3.39. The molecule has 0 spiro atoms. The van der Waals surface area contributed by atoms with Crippen molar-refractivity contribution in [3.8, 4) is 0 Å². The van der Waals surface area contributed by atoms with Gasteiger partial charge in [0.15, 0.2) is 0 Å². The van der Waals surface area contributed by atoms with Crippen LogP contribution in [0.3, 0.4) is 0 Å². The molecule has 0 bridgehead atoms. The zero-order valence-corrected chi connectivity index (χ0v) is 12.2. The number of nitrogens with zero attached hydrogens (tertiary/aromatic N) is 2. The SMILES string of the molecule is CC1Cc2ccccc2N(C(=O)N2CCCC2C(=O)O)C1. The molecule has 1 fully saturated rings. The Labute approximate surface area is 124 Å². The van der Waals surface area contributed by atoms with E-state index >= 15 is 0 Å². The number of carboxylic acid groups (broad SMARTS) is 1. The number of benzene rings is 1. The van der Waals surface area contributed by atoms with Gasteiger partial charge in [0.2, 0.25) is 0 Å². The Hall–Kier alpha value is -2.04. The summed E-state index contributed by atoms with van der Waals surface area (Å²) in [6.07, 6.45) is 2.27. The second-order valence-corrected chi connectivity index (χ2v) is 6.02. The van der Waals surface area contributed by atoms with Crippen molar-refractivity contribution < 1.29 is 14.7 Å². The van der Waals surface area contributed by atoms with E-state index in [2.05, 4.69) is 6.92 Å². The van der Waals surface area contributed by atoms with E-state index in [9.17, 15) is 14.7 Å². The van der Waals surface area contributed by atoms with Crippen molar-refractivity contribution in [3.63, 3.8) is 0 Å². The lowest BCUT2D eigenvalue weighted by atomic mass is 9.94.